The van der Waals surface area contributed by atoms with Crippen molar-refractivity contribution < 1.29 is 9.53 Å². The molecule has 0 bridgehead atoms. The summed E-state index contributed by atoms with van der Waals surface area (Å²) in [5.41, 5.74) is 1.93. The van der Waals surface area contributed by atoms with Gasteiger partial charge in [0.05, 0.1) is 10.7 Å². The number of nitrogens with zero attached hydrogens (tertiary/aromatic N) is 1. The molecule has 2 rings (SSSR count). The van der Waals surface area contributed by atoms with Gasteiger partial charge in [0.25, 0.3) is 6.47 Å². The van der Waals surface area contributed by atoms with Crippen LogP contribution in [-0.2, 0) is 16.0 Å². The molecule has 0 amide bonds. The highest BCUT2D eigenvalue weighted by Crippen LogP contribution is 2.32. The second-order valence-electron chi connectivity index (χ2n) is 2.96. The van der Waals surface area contributed by atoms with Crippen LogP contribution in [0.2, 0.25) is 5.02 Å². The van der Waals surface area contributed by atoms with Crippen LogP contribution in [0.25, 0.3) is 0 Å². The van der Waals surface area contributed by atoms with Crippen LogP contribution in [0.1, 0.15) is 23.8 Å². The van der Waals surface area contributed by atoms with E-state index in [-0.39, 0.29) is 6.10 Å². The lowest BCUT2D eigenvalue weighted by atomic mass is 10.2. The molecule has 0 spiro atoms. The van der Waals surface area contributed by atoms with E-state index in [0.29, 0.717) is 11.5 Å². The zero-order chi connectivity index (χ0) is 9.26. The van der Waals surface area contributed by atoms with Gasteiger partial charge in [0.2, 0.25) is 0 Å². The maximum Gasteiger partial charge on any atom is 0.293 e. The molecule has 1 heterocycles. The van der Waals surface area contributed by atoms with Crippen molar-refractivity contribution in [2.45, 2.75) is 18.9 Å². The number of hydrogen-bond acceptors (Lipinski definition) is 3. The second-order valence-corrected chi connectivity index (χ2v) is 3.39. The maximum absolute atomic E-state index is 10.2. The molecule has 0 saturated carbocycles. The van der Waals surface area contributed by atoms with E-state index in [0.717, 1.165) is 24.1 Å². The van der Waals surface area contributed by atoms with E-state index >= 15 is 0 Å². The number of carbonyl (C=O) groups is 1. The number of fused-ring (bicyclic) bond motifs is 1. The van der Waals surface area contributed by atoms with Crippen LogP contribution in [0, 0.1) is 0 Å². The van der Waals surface area contributed by atoms with Crippen molar-refractivity contribution >= 4 is 18.1 Å². The first-order chi connectivity index (χ1) is 6.31. The summed E-state index contributed by atoms with van der Waals surface area (Å²) in [6.07, 6.45) is 3.08. The average Bonchev–Trinajstić information content (AvgIpc) is 2.49. The third-order valence-corrected chi connectivity index (χ3v) is 2.38. The van der Waals surface area contributed by atoms with E-state index in [2.05, 4.69) is 4.98 Å². The number of rotatable bonds is 2. The standard InChI is InChI=1S/C9H8ClNO2/c10-7-3-6-1-2-8(13-5-12)9(6)11-4-7/h3-5,8H,1-2H2. The fourth-order valence-corrected chi connectivity index (χ4v) is 1.79. The molecule has 4 heteroatoms. The van der Waals surface area contributed by atoms with E-state index in [1.807, 2.05) is 6.07 Å². The minimum absolute atomic E-state index is 0.176. The molecule has 0 aromatic carbocycles. The Morgan fingerprint density at radius 3 is 3.31 bits per heavy atom. The topological polar surface area (TPSA) is 39.2 Å². The fourth-order valence-electron chi connectivity index (χ4n) is 1.60. The Bertz CT molecular complexity index is 340. The third-order valence-electron chi connectivity index (χ3n) is 2.17. The Morgan fingerprint density at radius 2 is 2.54 bits per heavy atom. The van der Waals surface area contributed by atoms with E-state index < -0.39 is 0 Å². The first kappa shape index (κ1) is 8.51. The van der Waals surface area contributed by atoms with Gasteiger partial charge in [-0.05, 0) is 24.5 Å². The molecule has 0 aliphatic heterocycles. The zero-order valence-corrected chi connectivity index (χ0v) is 7.62. The highest BCUT2D eigenvalue weighted by Gasteiger charge is 2.25. The summed E-state index contributed by atoms with van der Waals surface area (Å²) in [6.45, 7) is 0.468. The lowest BCUT2D eigenvalue weighted by Gasteiger charge is -2.07. The van der Waals surface area contributed by atoms with Crippen LogP contribution in [0.4, 0.5) is 0 Å². The van der Waals surface area contributed by atoms with Crippen LogP contribution < -0.4 is 0 Å². The third kappa shape index (κ3) is 1.52. The summed E-state index contributed by atoms with van der Waals surface area (Å²) in [5, 5.41) is 0.630. The summed E-state index contributed by atoms with van der Waals surface area (Å²) in [6, 6.07) is 1.87. The van der Waals surface area contributed by atoms with Crippen molar-refractivity contribution in [2.75, 3.05) is 0 Å². The van der Waals surface area contributed by atoms with Gasteiger partial charge in [0.15, 0.2) is 0 Å². The molecule has 68 valence electrons. The predicted molar refractivity (Wildman–Crippen MR) is 47.5 cm³/mol. The molecule has 3 nitrogen and oxygen atoms in total. The quantitative estimate of drug-likeness (QED) is 0.680. The van der Waals surface area contributed by atoms with Gasteiger partial charge in [-0.25, -0.2) is 0 Å². The molecule has 1 aliphatic rings. The number of pyridine rings is 1. The summed E-state index contributed by atoms with van der Waals surface area (Å²) < 4.78 is 4.88. The molecule has 1 unspecified atom stereocenters. The van der Waals surface area contributed by atoms with Crippen molar-refractivity contribution in [2.24, 2.45) is 0 Å². The van der Waals surface area contributed by atoms with E-state index in [9.17, 15) is 4.79 Å². The van der Waals surface area contributed by atoms with Crippen molar-refractivity contribution in [3.8, 4) is 0 Å². The first-order valence-corrected chi connectivity index (χ1v) is 4.42. The number of halogens is 1. The average molecular weight is 198 g/mol. The molecular weight excluding hydrogens is 190 g/mol. The molecule has 1 atom stereocenters. The summed E-state index contributed by atoms with van der Waals surface area (Å²) in [5.74, 6) is 0. The SMILES string of the molecule is O=COC1CCc2cc(Cl)cnc21. The fraction of sp³-hybridized carbons (Fsp3) is 0.333. The Kier molecular flexibility index (Phi) is 2.19. The van der Waals surface area contributed by atoms with Crippen molar-refractivity contribution in [1.82, 2.24) is 4.98 Å². The number of aryl methyl sites for hydroxylation is 1. The molecule has 13 heavy (non-hydrogen) atoms. The number of hydrogen-bond donors (Lipinski definition) is 0. The van der Waals surface area contributed by atoms with Gasteiger partial charge in [0.1, 0.15) is 6.10 Å². The van der Waals surface area contributed by atoms with Gasteiger partial charge in [-0.2, -0.15) is 0 Å². The molecule has 1 aromatic rings. The van der Waals surface area contributed by atoms with Crippen molar-refractivity contribution in [3.63, 3.8) is 0 Å². The predicted octanol–water partition coefficient (Wildman–Crippen LogP) is 1.90. The van der Waals surface area contributed by atoms with Gasteiger partial charge in [0, 0.05) is 6.20 Å². The molecule has 1 aliphatic carbocycles. The second kappa shape index (κ2) is 3.34. The zero-order valence-electron chi connectivity index (χ0n) is 6.87. The molecule has 0 radical (unpaired) electrons. The molecular formula is C9H8ClNO2. The largest absolute Gasteiger partial charge is 0.458 e. The minimum atomic E-state index is -0.176. The smallest absolute Gasteiger partial charge is 0.293 e. The van der Waals surface area contributed by atoms with Gasteiger partial charge >= 0.3 is 0 Å². The van der Waals surface area contributed by atoms with Gasteiger partial charge in [-0.3, -0.25) is 9.78 Å². The Morgan fingerprint density at radius 1 is 1.69 bits per heavy atom. The molecule has 0 N–H and O–H groups in total. The molecule has 0 fully saturated rings. The number of aromatic nitrogens is 1. The molecule has 1 aromatic heterocycles. The van der Waals surface area contributed by atoms with Gasteiger partial charge in [-0.1, -0.05) is 11.6 Å². The van der Waals surface area contributed by atoms with Crippen LogP contribution in [-0.4, -0.2) is 11.5 Å². The normalized spacial score (nSPS) is 19.6. The van der Waals surface area contributed by atoms with Crippen molar-refractivity contribution in [3.05, 3.63) is 28.5 Å². The highest BCUT2D eigenvalue weighted by molar-refractivity contribution is 6.30. The summed E-state index contributed by atoms with van der Waals surface area (Å²) in [7, 11) is 0. The lowest BCUT2D eigenvalue weighted by molar-refractivity contribution is -0.133. The summed E-state index contributed by atoms with van der Waals surface area (Å²) in [4.78, 5) is 14.3. The Labute approximate surface area is 80.7 Å². The Hall–Kier alpha value is -1.09. The van der Waals surface area contributed by atoms with E-state index in [1.165, 1.54) is 0 Å². The lowest BCUT2D eigenvalue weighted by Crippen LogP contribution is -2.00. The monoisotopic (exact) mass is 197 g/mol. The van der Waals surface area contributed by atoms with E-state index in [1.54, 1.807) is 6.20 Å². The first-order valence-electron chi connectivity index (χ1n) is 4.04. The van der Waals surface area contributed by atoms with Crippen LogP contribution >= 0.6 is 11.6 Å². The van der Waals surface area contributed by atoms with Crippen LogP contribution in [0.15, 0.2) is 12.3 Å². The maximum atomic E-state index is 10.2. The number of carbonyl (C=O) groups excluding carboxylic acids is 1. The number of ether oxygens (including phenoxy) is 1. The minimum Gasteiger partial charge on any atom is -0.458 e. The van der Waals surface area contributed by atoms with Gasteiger partial charge < -0.3 is 4.74 Å². The molecule has 0 saturated heterocycles. The van der Waals surface area contributed by atoms with E-state index in [4.69, 9.17) is 16.3 Å². The Balaban J connectivity index is 2.32. The van der Waals surface area contributed by atoms with Crippen LogP contribution in [0.3, 0.4) is 0 Å². The van der Waals surface area contributed by atoms with Crippen molar-refractivity contribution in [1.29, 1.82) is 0 Å². The van der Waals surface area contributed by atoms with Gasteiger partial charge in [-0.15, -0.1) is 0 Å². The van der Waals surface area contributed by atoms with Crippen LogP contribution in [0.5, 0.6) is 0 Å². The summed E-state index contributed by atoms with van der Waals surface area (Å²) >= 11 is 5.78. The highest BCUT2D eigenvalue weighted by atomic mass is 35.5.